The average molecular weight is 300 g/mol. The number of amides is 2. The molecule has 6 nitrogen and oxygen atoms in total. The fourth-order valence-electron chi connectivity index (χ4n) is 1.57. The van der Waals surface area contributed by atoms with Crippen LogP contribution in [0.1, 0.15) is 11.8 Å². The van der Waals surface area contributed by atoms with Gasteiger partial charge in [-0.15, -0.1) is 11.3 Å². The maximum absolute atomic E-state index is 11.9. The summed E-state index contributed by atoms with van der Waals surface area (Å²) in [5.74, 6) is -1.02. The van der Waals surface area contributed by atoms with Crippen molar-refractivity contribution < 1.29 is 19.4 Å². The lowest BCUT2D eigenvalue weighted by atomic mass is 10.2. The van der Waals surface area contributed by atoms with Gasteiger partial charge in [-0.1, -0.05) is 6.07 Å². The lowest BCUT2D eigenvalue weighted by Crippen LogP contribution is -2.44. The Labute approximate surface area is 122 Å². The molecule has 1 aromatic rings. The molecule has 20 heavy (non-hydrogen) atoms. The Bertz CT molecular complexity index is 422. The van der Waals surface area contributed by atoms with Crippen molar-refractivity contribution in [2.45, 2.75) is 19.4 Å². The van der Waals surface area contributed by atoms with E-state index in [4.69, 9.17) is 9.84 Å². The summed E-state index contributed by atoms with van der Waals surface area (Å²) in [5, 5.41) is 13.1. The zero-order valence-electron chi connectivity index (χ0n) is 11.7. The molecule has 1 atom stereocenters. The summed E-state index contributed by atoms with van der Waals surface area (Å²) < 4.78 is 4.84. The SMILES string of the molecule is CC(Cc1cccs1)N(C)C(=O)NCCOCC(=O)O. The van der Waals surface area contributed by atoms with Gasteiger partial charge in [0.1, 0.15) is 6.61 Å². The highest BCUT2D eigenvalue weighted by atomic mass is 32.1. The van der Waals surface area contributed by atoms with Crippen LogP contribution in [0.4, 0.5) is 4.79 Å². The standard InChI is InChI=1S/C13H20N2O4S/c1-10(8-11-4-3-7-20-11)15(2)13(18)14-5-6-19-9-12(16)17/h3-4,7,10H,5-6,8-9H2,1-2H3,(H,14,18)(H,16,17). The number of carboxylic acid groups (broad SMARTS) is 1. The Morgan fingerprint density at radius 1 is 1.55 bits per heavy atom. The van der Waals surface area contributed by atoms with Crippen LogP contribution in [0.5, 0.6) is 0 Å². The molecule has 1 unspecified atom stereocenters. The zero-order chi connectivity index (χ0) is 15.0. The maximum Gasteiger partial charge on any atom is 0.329 e. The number of likely N-dealkylation sites (N-methyl/N-ethyl adjacent to an activating group) is 1. The number of carbonyl (C=O) groups is 2. The molecule has 1 heterocycles. The lowest BCUT2D eigenvalue weighted by Gasteiger charge is -2.24. The highest BCUT2D eigenvalue weighted by Gasteiger charge is 2.15. The van der Waals surface area contributed by atoms with Gasteiger partial charge in [0, 0.05) is 30.9 Å². The van der Waals surface area contributed by atoms with Gasteiger partial charge in [-0.3, -0.25) is 0 Å². The summed E-state index contributed by atoms with van der Waals surface area (Å²) in [7, 11) is 1.74. The van der Waals surface area contributed by atoms with Crippen molar-refractivity contribution in [3.05, 3.63) is 22.4 Å². The third-order valence-electron chi connectivity index (χ3n) is 2.81. The van der Waals surface area contributed by atoms with E-state index in [1.54, 1.807) is 23.3 Å². The number of aliphatic carboxylic acids is 1. The first-order valence-corrected chi connectivity index (χ1v) is 7.21. The van der Waals surface area contributed by atoms with Crippen molar-refractivity contribution in [3.8, 4) is 0 Å². The van der Waals surface area contributed by atoms with E-state index in [9.17, 15) is 9.59 Å². The predicted octanol–water partition coefficient (Wildman–Crippen LogP) is 1.42. The summed E-state index contributed by atoms with van der Waals surface area (Å²) in [6.07, 6.45) is 0.817. The van der Waals surface area contributed by atoms with Gasteiger partial charge in [-0.25, -0.2) is 9.59 Å². The monoisotopic (exact) mass is 300 g/mol. The predicted molar refractivity (Wildman–Crippen MR) is 77.1 cm³/mol. The summed E-state index contributed by atoms with van der Waals surface area (Å²) in [4.78, 5) is 25.0. The molecule has 0 saturated heterocycles. The highest BCUT2D eigenvalue weighted by molar-refractivity contribution is 7.09. The first-order chi connectivity index (χ1) is 9.50. The lowest BCUT2D eigenvalue weighted by molar-refractivity contribution is -0.142. The molecule has 2 amide bonds. The molecule has 7 heteroatoms. The van der Waals surface area contributed by atoms with Gasteiger partial charge < -0.3 is 20.1 Å². The maximum atomic E-state index is 11.9. The van der Waals surface area contributed by atoms with E-state index in [2.05, 4.69) is 5.32 Å². The molecular weight excluding hydrogens is 280 g/mol. The summed E-state index contributed by atoms with van der Waals surface area (Å²) in [5.41, 5.74) is 0. The van der Waals surface area contributed by atoms with Crippen LogP contribution < -0.4 is 5.32 Å². The van der Waals surface area contributed by atoms with E-state index in [-0.39, 0.29) is 25.3 Å². The van der Waals surface area contributed by atoms with Crippen molar-refractivity contribution in [2.24, 2.45) is 0 Å². The number of hydrogen-bond donors (Lipinski definition) is 2. The topological polar surface area (TPSA) is 78.9 Å². The Hall–Kier alpha value is -1.60. The van der Waals surface area contributed by atoms with Crippen molar-refractivity contribution in [1.29, 1.82) is 0 Å². The van der Waals surface area contributed by atoms with Crippen LogP contribution in [0, 0.1) is 0 Å². The van der Waals surface area contributed by atoms with Crippen LogP contribution in [0.3, 0.4) is 0 Å². The molecule has 2 N–H and O–H groups in total. The molecule has 0 saturated carbocycles. The number of carbonyl (C=O) groups excluding carboxylic acids is 1. The van der Waals surface area contributed by atoms with Crippen LogP contribution >= 0.6 is 11.3 Å². The van der Waals surface area contributed by atoms with Crippen molar-refractivity contribution in [2.75, 3.05) is 26.8 Å². The van der Waals surface area contributed by atoms with E-state index in [0.717, 1.165) is 6.42 Å². The molecule has 112 valence electrons. The van der Waals surface area contributed by atoms with E-state index >= 15 is 0 Å². The quantitative estimate of drug-likeness (QED) is 0.712. The third kappa shape index (κ3) is 6.03. The van der Waals surface area contributed by atoms with Gasteiger partial charge in [0.05, 0.1) is 6.61 Å². The number of nitrogens with one attached hydrogen (secondary N) is 1. The normalized spacial score (nSPS) is 11.9. The van der Waals surface area contributed by atoms with Crippen LogP contribution in [0.25, 0.3) is 0 Å². The second-order valence-electron chi connectivity index (χ2n) is 4.42. The number of hydrogen-bond acceptors (Lipinski definition) is 4. The minimum Gasteiger partial charge on any atom is -0.480 e. The number of carboxylic acids is 1. The second kappa shape index (κ2) is 8.55. The minimum atomic E-state index is -1.02. The summed E-state index contributed by atoms with van der Waals surface area (Å²) in [6.45, 7) is 2.12. The summed E-state index contributed by atoms with van der Waals surface area (Å²) >= 11 is 1.67. The Kier molecular flexibility index (Phi) is 7.03. The molecule has 0 aliphatic carbocycles. The minimum absolute atomic E-state index is 0.0913. The smallest absolute Gasteiger partial charge is 0.329 e. The Morgan fingerprint density at radius 2 is 2.30 bits per heavy atom. The van der Waals surface area contributed by atoms with Crippen LogP contribution in [0.15, 0.2) is 17.5 Å². The zero-order valence-corrected chi connectivity index (χ0v) is 12.5. The molecular formula is C13H20N2O4S. The molecule has 0 aromatic carbocycles. The van der Waals surface area contributed by atoms with E-state index in [1.807, 2.05) is 24.4 Å². The van der Waals surface area contributed by atoms with E-state index < -0.39 is 5.97 Å². The molecule has 0 fully saturated rings. The number of urea groups is 1. The summed E-state index contributed by atoms with van der Waals surface area (Å²) in [6, 6.07) is 3.95. The molecule has 0 aliphatic heterocycles. The Morgan fingerprint density at radius 3 is 2.90 bits per heavy atom. The van der Waals surface area contributed by atoms with Gasteiger partial charge >= 0.3 is 12.0 Å². The second-order valence-corrected chi connectivity index (χ2v) is 5.45. The van der Waals surface area contributed by atoms with Gasteiger partial charge in [0.25, 0.3) is 0 Å². The van der Waals surface area contributed by atoms with Gasteiger partial charge in [0.15, 0.2) is 0 Å². The van der Waals surface area contributed by atoms with Crippen molar-refractivity contribution >= 4 is 23.3 Å². The van der Waals surface area contributed by atoms with Gasteiger partial charge in [-0.2, -0.15) is 0 Å². The largest absolute Gasteiger partial charge is 0.480 e. The average Bonchev–Trinajstić information content (AvgIpc) is 2.89. The van der Waals surface area contributed by atoms with Crippen LogP contribution in [0.2, 0.25) is 0 Å². The molecule has 0 radical (unpaired) electrons. The van der Waals surface area contributed by atoms with Gasteiger partial charge in [0.2, 0.25) is 0 Å². The highest BCUT2D eigenvalue weighted by Crippen LogP contribution is 2.13. The fourth-order valence-corrected chi connectivity index (χ4v) is 2.40. The molecule has 0 spiro atoms. The van der Waals surface area contributed by atoms with Crippen molar-refractivity contribution in [3.63, 3.8) is 0 Å². The molecule has 0 aliphatic rings. The van der Waals surface area contributed by atoms with E-state index in [0.29, 0.717) is 6.54 Å². The fraction of sp³-hybridized carbons (Fsp3) is 0.538. The van der Waals surface area contributed by atoms with Crippen LogP contribution in [-0.4, -0.2) is 54.9 Å². The molecule has 1 rings (SSSR count). The van der Waals surface area contributed by atoms with Gasteiger partial charge in [-0.05, 0) is 18.4 Å². The number of rotatable bonds is 8. The third-order valence-corrected chi connectivity index (χ3v) is 3.71. The Balaban J connectivity index is 2.22. The number of ether oxygens (including phenoxy) is 1. The van der Waals surface area contributed by atoms with E-state index in [1.165, 1.54) is 4.88 Å². The van der Waals surface area contributed by atoms with Crippen molar-refractivity contribution in [1.82, 2.24) is 10.2 Å². The molecule has 0 bridgehead atoms. The first kappa shape index (κ1) is 16.5. The number of thiophene rings is 1. The first-order valence-electron chi connectivity index (χ1n) is 6.33. The number of nitrogens with zero attached hydrogens (tertiary/aromatic N) is 1. The van der Waals surface area contributed by atoms with Crippen LogP contribution in [-0.2, 0) is 16.0 Å². The molecule has 1 aromatic heterocycles.